The summed E-state index contributed by atoms with van der Waals surface area (Å²) in [6, 6.07) is 5.91. The molecule has 0 spiro atoms. The van der Waals surface area contributed by atoms with Gasteiger partial charge in [-0.25, -0.2) is 14.0 Å². The average Bonchev–Trinajstić information content (AvgIpc) is 2.78. The molecule has 26 heavy (non-hydrogen) atoms. The normalized spacial score (nSPS) is 14.7. The second-order valence-electron chi connectivity index (χ2n) is 6.55. The van der Waals surface area contributed by atoms with Crippen LogP contribution in [0, 0.1) is 0 Å². The predicted molar refractivity (Wildman–Crippen MR) is 86.8 cm³/mol. The van der Waals surface area contributed by atoms with Gasteiger partial charge in [0.15, 0.2) is 0 Å². The number of hydrogen-bond donors (Lipinski definition) is 1. The van der Waals surface area contributed by atoms with Crippen LogP contribution in [-0.4, -0.2) is 47.3 Å². The van der Waals surface area contributed by atoms with Crippen molar-refractivity contribution in [3.63, 3.8) is 0 Å². The van der Waals surface area contributed by atoms with Crippen molar-refractivity contribution in [1.82, 2.24) is 10.4 Å². The van der Waals surface area contributed by atoms with Crippen LogP contribution in [0.2, 0.25) is 0 Å². The smallest absolute Gasteiger partial charge is 0.407 e. The maximum Gasteiger partial charge on any atom is 0.407 e. The minimum absolute atomic E-state index is 0.0762. The van der Waals surface area contributed by atoms with Gasteiger partial charge in [0, 0.05) is 13.0 Å². The second-order valence-corrected chi connectivity index (χ2v) is 6.55. The van der Waals surface area contributed by atoms with Crippen molar-refractivity contribution in [2.24, 2.45) is 0 Å². The van der Waals surface area contributed by atoms with Crippen molar-refractivity contribution in [3.05, 3.63) is 35.4 Å². The van der Waals surface area contributed by atoms with Crippen molar-refractivity contribution in [3.8, 4) is 0 Å². The Labute approximate surface area is 149 Å². The van der Waals surface area contributed by atoms with Gasteiger partial charge < -0.3 is 14.9 Å². The molecule has 0 aromatic heterocycles. The molecular formula is C17H19FN2O6. The summed E-state index contributed by atoms with van der Waals surface area (Å²) in [5, 5.41) is 2.53. The molecule has 9 heteroatoms. The summed E-state index contributed by atoms with van der Waals surface area (Å²) < 4.78 is 18.9. The van der Waals surface area contributed by atoms with Crippen LogP contribution < -0.4 is 5.32 Å². The molecule has 1 aliphatic heterocycles. The Kier molecular flexibility index (Phi) is 5.59. The monoisotopic (exact) mass is 366 g/mol. The molecule has 0 radical (unpaired) electrons. The van der Waals surface area contributed by atoms with Gasteiger partial charge in [-0.1, -0.05) is 17.2 Å². The summed E-state index contributed by atoms with van der Waals surface area (Å²) in [6.07, 6.45) is -3.28. The molecule has 1 aromatic rings. The third-order valence-corrected chi connectivity index (χ3v) is 3.26. The minimum atomic E-state index is -2.13. The summed E-state index contributed by atoms with van der Waals surface area (Å²) >= 11 is 0. The van der Waals surface area contributed by atoms with Crippen LogP contribution >= 0.6 is 0 Å². The first-order valence-corrected chi connectivity index (χ1v) is 7.90. The lowest BCUT2D eigenvalue weighted by molar-refractivity contribution is -0.174. The van der Waals surface area contributed by atoms with Gasteiger partial charge in [-0.2, -0.15) is 0 Å². The highest BCUT2D eigenvalue weighted by Gasteiger charge is 2.39. The van der Waals surface area contributed by atoms with E-state index in [1.165, 1.54) is 12.1 Å². The minimum Gasteiger partial charge on any atom is -0.444 e. The predicted octanol–water partition coefficient (Wildman–Crippen LogP) is 1.99. The van der Waals surface area contributed by atoms with E-state index < -0.39 is 42.1 Å². The number of alkyl carbamates (subject to hydrolysis) is 1. The molecule has 1 unspecified atom stereocenters. The maximum atomic E-state index is 13.9. The number of carbonyl (C=O) groups is 4. The molecule has 1 atom stereocenters. The number of fused-ring (bicyclic) bond motifs is 1. The lowest BCUT2D eigenvalue weighted by Crippen LogP contribution is -2.37. The molecule has 8 nitrogen and oxygen atoms in total. The average molecular weight is 366 g/mol. The molecule has 1 heterocycles. The van der Waals surface area contributed by atoms with Crippen molar-refractivity contribution in [1.29, 1.82) is 0 Å². The Morgan fingerprint density at radius 2 is 1.69 bits per heavy atom. The van der Waals surface area contributed by atoms with E-state index in [1.54, 1.807) is 32.9 Å². The lowest BCUT2D eigenvalue weighted by Gasteiger charge is -2.20. The Bertz CT molecular complexity index is 708. The number of nitrogens with zero attached hydrogens (tertiary/aromatic N) is 1. The van der Waals surface area contributed by atoms with E-state index in [4.69, 9.17) is 4.74 Å². The zero-order valence-corrected chi connectivity index (χ0v) is 14.6. The Hall–Kier alpha value is -2.97. The Morgan fingerprint density at radius 1 is 1.15 bits per heavy atom. The van der Waals surface area contributed by atoms with Crippen LogP contribution in [0.3, 0.4) is 0 Å². The fourth-order valence-electron chi connectivity index (χ4n) is 2.13. The van der Waals surface area contributed by atoms with Crippen LogP contribution in [-0.2, 0) is 14.4 Å². The number of hydrogen-bond acceptors (Lipinski definition) is 6. The molecule has 1 aromatic carbocycles. The third kappa shape index (κ3) is 4.56. The van der Waals surface area contributed by atoms with E-state index in [-0.39, 0.29) is 22.7 Å². The molecule has 1 aliphatic rings. The standard InChI is InChI=1S/C17H19FN2O6/c1-17(2,3)25-16(24)19-9-8-12(18)15(23)26-20-13(21)10-6-4-5-7-11(10)14(20)22/h4-7,12H,8-9H2,1-3H3,(H,19,24). The van der Waals surface area contributed by atoms with Crippen LogP contribution in [0.15, 0.2) is 24.3 Å². The van der Waals surface area contributed by atoms with Crippen molar-refractivity contribution in [2.75, 3.05) is 6.54 Å². The van der Waals surface area contributed by atoms with Gasteiger partial charge in [-0.3, -0.25) is 9.59 Å². The van der Waals surface area contributed by atoms with E-state index in [2.05, 4.69) is 10.2 Å². The summed E-state index contributed by atoms with van der Waals surface area (Å²) in [5.74, 6) is -3.07. The first-order chi connectivity index (χ1) is 12.1. The summed E-state index contributed by atoms with van der Waals surface area (Å²) in [6.45, 7) is 4.82. The van der Waals surface area contributed by atoms with Crippen LogP contribution in [0.5, 0.6) is 0 Å². The van der Waals surface area contributed by atoms with Crippen molar-refractivity contribution >= 4 is 23.9 Å². The highest BCUT2D eigenvalue weighted by Crippen LogP contribution is 2.23. The van der Waals surface area contributed by atoms with Crippen molar-refractivity contribution in [2.45, 2.75) is 39.0 Å². The number of amides is 3. The fourth-order valence-corrected chi connectivity index (χ4v) is 2.13. The molecular weight excluding hydrogens is 347 g/mol. The van der Waals surface area contributed by atoms with Crippen LogP contribution in [0.4, 0.5) is 9.18 Å². The zero-order chi connectivity index (χ0) is 19.5. The molecule has 140 valence electrons. The maximum absolute atomic E-state index is 13.9. The summed E-state index contributed by atoms with van der Waals surface area (Å²) in [7, 11) is 0. The Balaban J connectivity index is 1.84. The number of hydroxylamine groups is 2. The summed E-state index contributed by atoms with van der Waals surface area (Å²) in [5.41, 5.74) is -0.552. The second kappa shape index (κ2) is 7.51. The topological polar surface area (TPSA) is 102 Å². The SMILES string of the molecule is CC(C)(C)OC(=O)NCCC(F)C(=O)ON1C(=O)c2ccccc2C1=O. The fraction of sp³-hybridized carbons (Fsp3) is 0.412. The van der Waals surface area contributed by atoms with Gasteiger partial charge in [0.25, 0.3) is 11.8 Å². The number of carbonyl (C=O) groups excluding carboxylic acids is 4. The van der Waals surface area contributed by atoms with E-state index in [0.717, 1.165) is 0 Å². The van der Waals surface area contributed by atoms with Gasteiger partial charge in [-0.05, 0) is 32.9 Å². The van der Waals surface area contributed by atoms with Crippen LogP contribution in [0.1, 0.15) is 47.9 Å². The first-order valence-electron chi connectivity index (χ1n) is 7.90. The number of nitrogens with one attached hydrogen (secondary N) is 1. The Morgan fingerprint density at radius 3 is 2.19 bits per heavy atom. The number of alkyl halides is 1. The van der Waals surface area contributed by atoms with E-state index >= 15 is 0 Å². The zero-order valence-electron chi connectivity index (χ0n) is 14.6. The van der Waals surface area contributed by atoms with Gasteiger partial charge in [0.1, 0.15) is 5.60 Å². The molecule has 0 fully saturated rings. The quantitative estimate of drug-likeness (QED) is 0.800. The largest absolute Gasteiger partial charge is 0.444 e. The van der Waals surface area contributed by atoms with Gasteiger partial charge >= 0.3 is 12.1 Å². The van der Waals surface area contributed by atoms with Gasteiger partial charge in [-0.15, -0.1) is 0 Å². The lowest BCUT2D eigenvalue weighted by atomic mass is 10.1. The number of halogens is 1. The van der Waals surface area contributed by atoms with E-state index in [0.29, 0.717) is 0 Å². The van der Waals surface area contributed by atoms with E-state index in [1.807, 2.05) is 0 Å². The van der Waals surface area contributed by atoms with Gasteiger partial charge in [0.2, 0.25) is 6.17 Å². The third-order valence-electron chi connectivity index (χ3n) is 3.26. The number of benzene rings is 1. The van der Waals surface area contributed by atoms with Crippen LogP contribution in [0.25, 0.3) is 0 Å². The first kappa shape index (κ1) is 19.4. The number of ether oxygens (including phenoxy) is 1. The van der Waals surface area contributed by atoms with Crippen molar-refractivity contribution < 1.29 is 33.1 Å². The number of rotatable bonds is 5. The molecule has 0 aliphatic carbocycles. The molecule has 0 saturated heterocycles. The highest BCUT2D eigenvalue weighted by atomic mass is 19.1. The molecule has 3 amide bonds. The highest BCUT2D eigenvalue weighted by molar-refractivity contribution is 6.20. The molecule has 2 rings (SSSR count). The molecule has 0 saturated carbocycles. The molecule has 1 N–H and O–H groups in total. The summed E-state index contributed by atoms with van der Waals surface area (Å²) in [4.78, 5) is 51.9. The van der Waals surface area contributed by atoms with E-state index in [9.17, 15) is 23.6 Å². The van der Waals surface area contributed by atoms with Gasteiger partial charge in [0.05, 0.1) is 11.1 Å². The number of imide groups is 1. The molecule has 0 bridgehead atoms.